The summed E-state index contributed by atoms with van der Waals surface area (Å²) in [5, 5.41) is 8.56. The zero-order valence-electron chi connectivity index (χ0n) is 10.2. The molecule has 0 bridgehead atoms. The largest absolute Gasteiger partial charge is 0.465 e. The van der Waals surface area contributed by atoms with E-state index in [1.54, 1.807) is 0 Å². The van der Waals surface area contributed by atoms with Gasteiger partial charge in [-0.05, 0) is 39.5 Å². The Hall–Kier alpha value is -0.570. The first-order valence-corrected chi connectivity index (χ1v) is 5.82. The highest BCUT2D eigenvalue weighted by atomic mass is 16.5. The monoisotopic (exact) mass is 216 g/mol. The third kappa shape index (κ3) is 6.50. The van der Waals surface area contributed by atoms with Crippen LogP contribution < -0.4 is 0 Å². The molecule has 0 heterocycles. The topological polar surface area (TPSA) is 46.5 Å². The number of rotatable bonds is 8. The van der Waals surface area contributed by atoms with Crippen molar-refractivity contribution in [3.8, 4) is 0 Å². The lowest BCUT2D eigenvalue weighted by Gasteiger charge is -2.20. The molecule has 0 unspecified atom stereocenters. The van der Waals surface area contributed by atoms with Gasteiger partial charge in [0.2, 0.25) is 0 Å². The maximum atomic E-state index is 11.5. The van der Waals surface area contributed by atoms with Gasteiger partial charge >= 0.3 is 5.97 Å². The van der Waals surface area contributed by atoms with Crippen molar-refractivity contribution in [2.75, 3.05) is 13.2 Å². The third-order valence-corrected chi connectivity index (χ3v) is 2.72. The maximum absolute atomic E-state index is 11.5. The minimum absolute atomic E-state index is 0.104. The van der Waals surface area contributed by atoms with E-state index in [1.807, 2.05) is 20.8 Å². The highest BCUT2D eigenvalue weighted by Crippen LogP contribution is 2.21. The molecule has 0 atom stereocenters. The van der Waals surface area contributed by atoms with Crippen LogP contribution in [0.4, 0.5) is 0 Å². The molecule has 90 valence electrons. The first kappa shape index (κ1) is 14.4. The Balaban J connectivity index is 3.47. The van der Waals surface area contributed by atoms with Crippen molar-refractivity contribution >= 4 is 5.97 Å². The standard InChI is InChI=1S/C12H24O3/c1-4-12(2,3)11(14)15-10-8-6-5-7-9-13/h13H,4-10H2,1-3H3. The summed E-state index contributed by atoms with van der Waals surface area (Å²) in [6.07, 6.45) is 4.56. The lowest BCUT2D eigenvalue weighted by molar-refractivity contribution is -0.154. The molecule has 0 amide bonds. The van der Waals surface area contributed by atoms with E-state index in [0.29, 0.717) is 6.61 Å². The van der Waals surface area contributed by atoms with Gasteiger partial charge in [0, 0.05) is 6.61 Å². The number of unbranched alkanes of at least 4 members (excludes halogenated alkanes) is 3. The molecular weight excluding hydrogens is 192 g/mol. The van der Waals surface area contributed by atoms with Gasteiger partial charge in [0.15, 0.2) is 0 Å². The van der Waals surface area contributed by atoms with Crippen LogP contribution in [-0.4, -0.2) is 24.3 Å². The minimum Gasteiger partial charge on any atom is -0.465 e. The van der Waals surface area contributed by atoms with E-state index >= 15 is 0 Å². The summed E-state index contributed by atoms with van der Waals surface area (Å²) < 4.78 is 5.18. The van der Waals surface area contributed by atoms with Crippen molar-refractivity contribution in [1.29, 1.82) is 0 Å². The highest BCUT2D eigenvalue weighted by Gasteiger charge is 2.26. The Morgan fingerprint density at radius 1 is 1.20 bits per heavy atom. The minimum atomic E-state index is -0.356. The second kappa shape index (κ2) is 7.69. The predicted molar refractivity (Wildman–Crippen MR) is 60.6 cm³/mol. The van der Waals surface area contributed by atoms with E-state index in [9.17, 15) is 4.79 Å². The van der Waals surface area contributed by atoms with Gasteiger partial charge in [0.05, 0.1) is 12.0 Å². The van der Waals surface area contributed by atoms with E-state index in [-0.39, 0.29) is 18.0 Å². The van der Waals surface area contributed by atoms with Gasteiger partial charge in [-0.3, -0.25) is 4.79 Å². The molecule has 0 aliphatic carbocycles. The van der Waals surface area contributed by atoms with Crippen LogP contribution in [0.15, 0.2) is 0 Å². The van der Waals surface area contributed by atoms with Crippen LogP contribution in [0.25, 0.3) is 0 Å². The molecule has 0 aromatic carbocycles. The van der Waals surface area contributed by atoms with Crippen molar-refractivity contribution in [3.63, 3.8) is 0 Å². The molecule has 0 aliphatic rings. The van der Waals surface area contributed by atoms with Gasteiger partial charge in [0.25, 0.3) is 0 Å². The second-order valence-corrected chi connectivity index (χ2v) is 4.51. The summed E-state index contributed by atoms with van der Waals surface area (Å²) in [4.78, 5) is 11.5. The van der Waals surface area contributed by atoms with Gasteiger partial charge in [-0.25, -0.2) is 0 Å². The summed E-state index contributed by atoms with van der Waals surface area (Å²) in [5.74, 6) is -0.104. The maximum Gasteiger partial charge on any atom is 0.311 e. The van der Waals surface area contributed by atoms with Gasteiger partial charge in [-0.1, -0.05) is 13.3 Å². The normalized spacial score (nSPS) is 11.5. The number of aliphatic hydroxyl groups excluding tert-OH is 1. The molecule has 0 fully saturated rings. The summed E-state index contributed by atoms with van der Waals surface area (Å²) in [6, 6.07) is 0. The molecule has 0 aromatic heterocycles. The van der Waals surface area contributed by atoms with Crippen LogP contribution in [0, 0.1) is 5.41 Å². The van der Waals surface area contributed by atoms with E-state index in [4.69, 9.17) is 9.84 Å². The quantitative estimate of drug-likeness (QED) is 0.501. The third-order valence-electron chi connectivity index (χ3n) is 2.72. The second-order valence-electron chi connectivity index (χ2n) is 4.51. The lowest BCUT2D eigenvalue weighted by Crippen LogP contribution is -2.26. The van der Waals surface area contributed by atoms with Crippen LogP contribution in [-0.2, 0) is 9.53 Å². The number of carbonyl (C=O) groups excluding carboxylic acids is 1. The molecule has 0 saturated carbocycles. The number of ether oxygens (including phenoxy) is 1. The van der Waals surface area contributed by atoms with E-state index in [0.717, 1.165) is 32.1 Å². The fourth-order valence-corrected chi connectivity index (χ4v) is 1.07. The fourth-order valence-electron chi connectivity index (χ4n) is 1.07. The van der Waals surface area contributed by atoms with Crippen molar-refractivity contribution < 1.29 is 14.6 Å². The number of esters is 1. The molecule has 0 spiro atoms. The van der Waals surface area contributed by atoms with Gasteiger partial charge in [0.1, 0.15) is 0 Å². The summed E-state index contributed by atoms with van der Waals surface area (Å²) >= 11 is 0. The Labute approximate surface area is 92.8 Å². The average Bonchev–Trinajstić information content (AvgIpc) is 2.22. The smallest absolute Gasteiger partial charge is 0.311 e. The zero-order chi connectivity index (χ0) is 11.7. The van der Waals surface area contributed by atoms with Crippen molar-refractivity contribution in [2.24, 2.45) is 5.41 Å². The van der Waals surface area contributed by atoms with E-state index in [2.05, 4.69) is 0 Å². The molecule has 0 aliphatic heterocycles. The number of aliphatic hydroxyl groups is 1. The van der Waals surface area contributed by atoms with E-state index < -0.39 is 0 Å². The first-order valence-electron chi connectivity index (χ1n) is 5.82. The van der Waals surface area contributed by atoms with Gasteiger partial charge in [-0.15, -0.1) is 0 Å². The Morgan fingerprint density at radius 2 is 1.80 bits per heavy atom. The molecular formula is C12H24O3. The molecule has 1 N–H and O–H groups in total. The zero-order valence-corrected chi connectivity index (χ0v) is 10.2. The fraction of sp³-hybridized carbons (Fsp3) is 0.917. The molecule has 0 aromatic rings. The Morgan fingerprint density at radius 3 is 2.33 bits per heavy atom. The summed E-state index contributed by atoms with van der Waals surface area (Å²) in [6.45, 7) is 6.56. The molecule has 0 rings (SSSR count). The Kier molecular flexibility index (Phi) is 7.39. The van der Waals surface area contributed by atoms with Crippen LogP contribution in [0.1, 0.15) is 52.9 Å². The van der Waals surface area contributed by atoms with E-state index in [1.165, 1.54) is 0 Å². The SMILES string of the molecule is CCC(C)(C)C(=O)OCCCCCCO. The lowest BCUT2D eigenvalue weighted by atomic mass is 9.91. The Bertz CT molecular complexity index is 176. The summed E-state index contributed by atoms with van der Waals surface area (Å²) in [7, 11) is 0. The predicted octanol–water partition coefficient (Wildman–Crippen LogP) is 2.52. The number of hydrogen-bond acceptors (Lipinski definition) is 3. The molecule has 3 nitrogen and oxygen atoms in total. The van der Waals surface area contributed by atoms with Crippen LogP contribution in [0.5, 0.6) is 0 Å². The van der Waals surface area contributed by atoms with Gasteiger partial charge in [-0.2, -0.15) is 0 Å². The number of hydrogen-bond donors (Lipinski definition) is 1. The van der Waals surface area contributed by atoms with Crippen LogP contribution in [0.2, 0.25) is 0 Å². The summed E-state index contributed by atoms with van der Waals surface area (Å²) in [5.41, 5.74) is -0.356. The van der Waals surface area contributed by atoms with Gasteiger partial charge < -0.3 is 9.84 Å². The van der Waals surface area contributed by atoms with Crippen LogP contribution >= 0.6 is 0 Å². The molecule has 3 heteroatoms. The first-order chi connectivity index (χ1) is 7.04. The van der Waals surface area contributed by atoms with Crippen LogP contribution in [0.3, 0.4) is 0 Å². The van der Waals surface area contributed by atoms with Crippen molar-refractivity contribution in [3.05, 3.63) is 0 Å². The van der Waals surface area contributed by atoms with Crippen molar-refractivity contribution in [2.45, 2.75) is 52.9 Å². The highest BCUT2D eigenvalue weighted by molar-refractivity contribution is 5.75. The molecule has 0 radical (unpaired) electrons. The average molecular weight is 216 g/mol. The molecule has 15 heavy (non-hydrogen) atoms. The number of carbonyl (C=O) groups is 1. The molecule has 0 saturated heterocycles. The van der Waals surface area contributed by atoms with Crippen molar-refractivity contribution in [1.82, 2.24) is 0 Å².